The van der Waals surface area contributed by atoms with Gasteiger partial charge in [-0.25, -0.2) is 8.42 Å². The number of ether oxygens (including phenoxy) is 1. The Balaban J connectivity index is 1.81. The van der Waals surface area contributed by atoms with Crippen LogP contribution in [0.1, 0.15) is 51.2 Å². The highest BCUT2D eigenvalue weighted by Crippen LogP contribution is 2.25. The molecule has 0 aromatic heterocycles. The number of benzene rings is 2. The zero-order valence-electron chi connectivity index (χ0n) is 23.9. The lowest BCUT2D eigenvalue weighted by molar-refractivity contribution is -0.138. The van der Waals surface area contributed by atoms with Gasteiger partial charge in [-0.2, -0.15) is 4.31 Å². The quantitative estimate of drug-likeness (QED) is 0.415. The zero-order chi connectivity index (χ0) is 28.6. The van der Waals surface area contributed by atoms with Crippen LogP contribution in [0.2, 0.25) is 0 Å². The second-order valence-electron chi connectivity index (χ2n) is 11.5. The number of methoxy groups -OCH3 is 1. The van der Waals surface area contributed by atoms with Crippen LogP contribution in [0.25, 0.3) is 0 Å². The smallest absolute Gasteiger partial charge is 0.243 e. The van der Waals surface area contributed by atoms with Gasteiger partial charge in [-0.1, -0.05) is 68.8 Å². The van der Waals surface area contributed by atoms with Crippen molar-refractivity contribution in [1.82, 2.24) is 14.1 Å². The number of carbonyl (C=O) groups excluding carboxylic acids is 2. The van der Waals surface area contributed by atoms with E-state index >= 15 is 0 Å². The van der Waals surface area contributed by atoms with Gasteiger partial charge in [0.2, 0.25) is 21.8 Å². The first kappa shape index (κ1) is 30.8. The number of carbonyl (C=O) groups is 2. The van der Waals surface area contributed by atoms with E-state index in [2.05, 4.69) is 20.8 Å². The van der Waals surface area contributed by atoms with Gasteiger partial charge in [0.15, 0.2) is 0 Å². The van der Waals surface area contributed by atoms with E-state index in [0.29, 0.717) is 38.9 Å². The third kappa shape index (κ3) is 8.88. The molecule has 8 nitrogen and oxygen atoms in total. The highest BCUT2D eigenvalue weighted by molar-refractivity contribution is 7.89. The SMILES string of the molecule is COCCN(CC(=O)N(Cc1ccc(C)cc1)C1CCN(C(=O)CC(C)(C)C)CC1)S(=O)(=O)c1ccccc1. The summed E-state index contributed by atoms with van der Waals surface area (Å²) in [6.45, 7) is 9.66. The summed E-state index contributed by atoms with van der Waals surface area (Å²) in [5.74, 6) is -0.122. The molecule has 214 valence electrons. The predicted octanol–water partition coefficient (Wildman–Crippen LogP) is 4.09. The Hall–Kier alpha value is -2.75. The Bertz CT molecular complexity index is 1190. The lowest BCUT2D eigenvalue weighted by Crippen LogP contribution is -2.51. The van der Waals surface area contributed by atoms with Crippen LogP contribution in [0.4, 0.5) is 0 Å². The molecule has 0 N–H and O–H groups in total. The Morgan fingerprint density at radius 1 is 1.00 bits per heavy atom. The third-order valence-electron chi connectivity index (χ3n) is 6.97. The fraction of sp³-hybridized carbons (Fsp3) is 0.533. The van der Waals surface area contributed by atoms with Gasteiger partial charge >= 0.3 is 0 Å². The summed E-state index contributed by atoms with van der Waals surface area (Å²) < 4.78 is 33.3. The Morgan fingerprint density at radius 2 is 1.62 bits per heavy atom. The first-order chi connectivity index (χ1) is 18.4. The fourth-order valence-electron chi connectivity index (χ4n) is 4.76. The zero-order valence-corrected chi connectivity index (χ0v) is 24.7. The molecule has 0 saturated carbocycles. The fourth-order valence-corrected chi connectivity index (χ4v) is 6.16. The van der Waals surface area contributed by atoms with E-state index in [1.807, 2.05) is 36.1 Å². The van der Waals surface area contributed by atoms with Crippen molar-refractivity contribution >= 4 is 21.8 Å². The summed E-state index contributed by atoms with van der Waals surface area (Å²) in [5.41, 5.74) is 2.02. The average Bonchev–Trinajstić information content (AvgIpc) is 2.90. The molecule has 1 aliphatic heterocycles. The number of aryl methyl sites for hydroxylation is 1. The molecule has 1 saturated heterocycles. The number of sulfonamides is 1. The van der Waals surface area contributed by atoms with E-state index in [9.17, 15) is 18.0 Å². The van der Waals surface area contributed by atoms with Crippen LogP contribution < -0.4 is 0 Å². The van der Waals surface area contributed by atoms with E-state index in [4.69, 9.17) is 4.74 Å². The standard InChI is InChI=1S/C30H43N3O5S/c1-24-11-13-25(14-12-24)22-33(26-15-17-31(18-16-26)28(34)21-30(2,3)4)29(35)23-32(19-20-38-5)39(36,37)27-9-7-6-8-10-27/h6-14,26H,15-23H2,1-5H3. The molecule has 1 fully saturated rings. The molecule has 0 radical (unpaired) electrons. The molecule has 3 rings (SSSR count). The molecule has 0 aliphatic carbocycles. The minimum Gasteiger partial charge on any atom is -0.383 e. The summed E-state index contributed by atoms with van der Waals surface area (Å²) >= 11 is 0. The monoisotopic (exact) mass is 557 g/mol. The van der Waals surface area contributed by atoms with Gasteiger partial charge in [-0.05, 0) is 42.9 Å². The molecule has 2 aromatic carbocycles. The molecule has 0 atom stereocenters. The van der Waals surface area contributed by atoms with E-state index in [-0.39, 0.29) is 47.9 Å². The second-order valence-corrected chi connectivity index (χ2v) is 13.4. The van der Waals surface area contributed by atoms with Crippen molar-refractivity contribution in [1.29, 1.82) is 0 Å². The van der Waals surface area contributed by atoms with Gasteiger partial charge in [0.25, 0.3) is 0 Å². The number of amides is 2. The maximum atomic E-state index is 13.9. The Morgan fingerprint density at radius 3 is 2.18 bits per heavy atom. The molecular formula is C30H43N3O5S. The summed E-state index contributed by atoms with van der Waals surface area (Å²) in [6, 6.07) is 16.1. The maximum Gasteiger partial charge on any atom is 0.243 e. The topological polar surface area (TPSA) is 87.2 Å². The summed E-state index contributed by atoms with van der Waals surface area (Å²) in [6.07, 6.45) is 1.78. The number of piperidine rings is 1. The van der Waals surface area contributed by atoms with E-state index in [1.165, 1.54) is 23.5 Å². The maximum absolute atomic E-state index is 13.9. The molecule has 0 unspecified atom stereocenters. The molecule has 2 amide bonds. The van der Waals surface area contributed by atoms with Crippen molar-refractivity contribution in [3.05, 3.63) is 65.7 Å². The van der Waals surface area contributed by atoms with E-state index in [0.717, 1.165) is 11.1 Å². The molecule has 1 aliphatic rings. The number of hydrogen-bond acceptors (Lipinski definition) is 5. The van der Waals surface area contributed by atoms with Crippen LogP contribution >= 0.6 is 0 Å². The van der Waals surface area contributed by atoms with E-state index in [1.54, 1.807) is 23.1 Å². The molecule has 0 spiro atoms. The van der Waals surface area contributed by atoms with Gasteiger partial charge in [0.1, 0.15) is 0 Å². The van der Waals surface area contributed by atoms with Gasteiger partial charge in [-0.3, -0.25) is 9.59 Å². The van der Waals surface area contributed by atoms with Crippen LogP contribution in [0, 0.1) is 12.3 Å². The normalized spacial score (nSPS) is 15.0. The molecule has 39 heavy (non-hydrogen) atoms. The van der Waals surface area contributed by atoms with Gasteiger partial charge in [-0.15, -0.1) is 0 Å². The van der Waals surface area contributed by atoms with Crippen molar-refractivity contribution in [3.63, 3.8) is 0 Å². The number of likely N-dealkylation sites (tertiary alicyclic amines) is 1. The summed E-state index contributed by atoms with van der Waals surface area (Å²) in [7, 11) is -2.39. The van der Waals surface area contributed by atoms with Crippen molar-refractivity contribution in [2.75, 3.05) is 39.9 Å². The van der Waals surface area contributed by atoms with Crippen LogP contribution in [0.3, 0.4) is 0 Å². The van der Waals surface area contributed by atoms with Gasteiger partial charge in [0, 0.05) is 45.8 Å². The first-order valence-corrected chi connectivity index (χ1v) is 15.0. The van der Waals surface area contributed by atoms with Crippen molar-refractivity contribution in [3.8, 4) is 0 Å². The number of nitrogens with zero attached hydrogens (tertiary/aromatic N) is 3. The highest BCUT2D eigenvalue weighted by atomic mass is 32.2. The van der Waals surface area contributed by atoms with Crippen LogP contribution in [-0.2, 0) is 30.9 Å². The minimum absolute atomic E-state index is 0.0671. The van der Waals surface area contributed by atoms with E-state index < -0.39 is 10.0 Å². The van der Waals surface area contributed by atoms with Crippen LogP contribution in [-0.4, -0.2) is 80.3 Å². The predicted molar refractivity (Wildman–Crippen MR) is 152 cm³/mol. The van der Waals surface area contributed by atoms with Gasteiger partial charge < -0.3 is 14.5 Å². The highest BCUT2D eigenvalue weighted by Gasteiger charge is 2.34. The Kier molecular flexibility index (Phi) is 10.7. The molecule has 2 aromatic rings. The molecule has 0 bridgehead atoms. The van der Waals surface area contributed by atoms with Gasteiger partial charge in [0.05, 0.1) is 18.0 Å². The second kappa shape index (κ2) is 13.5. The van der Waals surface area contributed by atoms with Crippen molar-refractivity contribution < 1.29 is 22.7 Å². The summed E-state index contributed by atoms with van der Waals surface area (Å²) in [5, 5.41) is 0. The number of hydrogen-bond donors (Lipinski definition) is 0. The average molecular weight is 558 g/mol. The van der Waals surface area contributed by atoms with Crippen molar-refractivity contribution in [2.45, 2.75) is 64.4 Å². The largest absolute Gasteiger partial charge is 0.383 e. The molecular weight excluding hydrogens is 514 g/mol. The summed E-state index contributed by atoms with van der Waals surface area (Å²) in [4.78, 5) is 30.5. The lowest BCUT2D eigenvalue weighted by Gasteiger charge is -2.40. The minimum atomic E-state index is -3.90. The Labute approximate surface area is 234 Å². The first-order valence-electron chi connectivity index (χ1n) is 13.6. The third-order valence-corrected chi connectivity index (χ3v) is 8.83. The molecule has 1 heterocycles. The lowest BCUT2D eigenvalue weighted by atomic mass is 9.91. The molecule has 9 heteroatoms. The number of rotatable bonds is 11. The van der Waals surface area contributed by atoms with Crippen molar-refractivity contribution in [2.24, 2.45) is 5.41 Å². The van der Waals surface area contributed by atoms with Crippen LogP contribution in [0.15, 0.2) is 59.5 Å². The van der Waals surface area contributed by atoms with Crippen LogP contribution in [0.5, 0.6) is 0 Å².